The van der Waals surface area contributed by atoms with Crippen LogP contribution in [0.5, 0.6) is 0 Å². The molecule has 0 saturated carbocycles. The number of H-pyrrole nitrogens is 1. The van der Waals surface area contributed by atoms with Gasteiger partial charge in [0.25, 0.3) is 0 Å². The number of amides is 1. The van der Waals surface area contributed by atoms with Crippen molar-refractivity contribution < 1.29 is 4.79 Å². The Hall–Kier alpha value is -3.03. The predicted octanol–water partition coefficient (Wildman–Crippen LogP) is 2.45. The number of carbonyl (C=O) groups excluding carboxylic acids is 1. The van der Waals surface area contributed by atoms with E-state index in [1.165, 1.54) is 0 Å². The number of aromatic nitrogens is 5. The first kappa shape index (κ1) is 19.3. The summed E-state index contributed by atoms with van der Waals surface area (Å²) in [5.41, 5.74) is 2.13. The lowest BCUT2D eigenvalue weighted by molar-refractivity contribution is -0.140. The van der Waals surface area contributed by atoms with E-state index in [2.05, 4.69) is 29.8 Å². The van der Waals surface area contributed by atoms with Crippen LogP contribution in [0.25, 0.3) is 11.2 Å². The number of nitrogens with zero attached hydrogens (tertiary/aromatic N) is 6. The van der Waals surface area contributed by atoms with Crippen LogP contribution < -0.4 is 4.90 Å². The fourth-order valence-corrected chi connectivity index (χ4v) is 4.42. The first-order valence-corrected chi connectivity index (χ1v) is 10.1. The molecule has 3 aromatic heterocycles. The molecule has 3 aromatic rings. The molecule has 1 fully saturated rings. The third-order valence-corrected chi connectivity index (χ3v) is 5.75. The minimum absolute atomic E-state index is 0.193. The molecule has 1 atom stereocenters. The van der Waals surface area contributed by atoms with Gasteiger partial charge in [0.2, 0.25) is 5.91 Å². The highest BCUT2D eigenvalue weighted by Crippen LogP contribution is 2.39. The molecular weight excluding hydrogens is 366 g/mol. The molecule has 29 heavy (non-hydrogen) atoms. The molecule has 1 unspecified atom stereocenters. The Morgan fingerprint density at radius 3 is 2.93 bits per heavy atom. The number of fused-ring (bicyclic) bond motifs is 1. The Labute approximate surface area is 170 Å². The fraction of sp³-hybridized carbons (Fsp3) is 0.476. The van der Waals surface area contributed by atoms with Crippen molar-refractivity contribution in [1.82, 2.24) is 29.8 Å². The van der Waals surface area contributed by atoms with Gasteiger partial charge in [-0.05, 0) is 44.2 Å². The van der Waals surface area contributed by atoms with Crippen LogP contribution in [0.2, 0.25) is 0 Å². The summed E-state index contributed by atoms with van der Waals surface area (Å²) in [4.78, 5) is 37.8. The molecule has 1 saturated heterocycles. The number of pyridine rings is 1. The SMILES string of the molecule is CN(C)C(=O)C1(CCCc2ccccn2)CCCN(c2ncnc3nc[nH]c23)C1. The van der Waals surface area contributed by atoms with E-state index in [9.17, 15) is 4.79 Å². The Bertz CT molecular complexity index is 971. The Kier molecular flexibility index (Phi) is 5.42. The summed E-state index contributed by atoms with van der Waals surface area (Å²) in [7, 11) is 3.69. The molecule has 1 N–H and O–H groups in total. The third kappa shape index (κ3) is 3.92. The summed E-state index contributed by atoms with van der Waals surface area (Å²) in [6.07, 6.45) is 9.47. The van der Waals surface area contributed by atoms with Crippen LogP contribution in [-0.4, -0.2) is 62.9 Å². The van der Waals surface area contributed by atoms with Gasteiger partial charge in [-0.25, -0.2) is 15.0 Å². The molecule has 0 spiro atoms. The van der Waals surface area contributed by atoms with Gasteiger partial charge >= 0.3 is 0 Å². The Morgan fingerprint density at radius 1 is 1.24 bits per heavy atom. The van der Waals surface area contributed by atoms with Crippen LogP contribution in [0.4, 0.5) is 5.82 Å². The van der Waals surface area contributed by atoms with Gasteiger partial charge in [-0.3, -0.25) is 9.78 Å². The van der Waals surface area contributed by atoms with Gasteiger partial charge in [-0.2, -0.15) is 0 Å². The number of hydrogen-bond acceptors (Lipinski definition) is 6. The minimum atomic E-state index is -0.423. The average molecular weight is 393 g/mol. The van der Waals surface area contributed by atoms with Crippen molar-refractivity contribution in [3.05, 3.63) is 42.7 Å². The number of hydrogen-bond donors (Lipinski definition) is 1. The lowest BCUT2D eigenvalue weighted by Crippen LogP contribution is -2.52. The van der Waals surface area contributed by atoms with Crippen LogP contribution in [0, 0.1) is 5.41 Å². The number of anilines is 1. The zero-order chi connectivity index (χ0) is 20.3. The summed E-state index contributed by atoms with van der Waals surface area (Å²) in [6, 6.07) is 5.98. The molecule has 1 aliphatic heterocycles. The summed E-state index contributed by atoms with van der Waals surface area (Å²) in [6.45, 7) is 1.52. The molecular formula is C21H27N7O. The third-order valence-electron chi connectivity index (χ3n) is 5.75. The van der Waals surface area contributed by atoms with Crippen molar-refractivity contribution in [2.24, 2.45) is 5.41 Å². The second-order valence-electron chi connectivity index (χ2n) is 7.98. The van der Waals surface area contributed by atoms with Crippen molar-refractivity contribution in [2.75, 3.05) is 32.1 Å². The molecule has 1 amide bonds. The van der Waals surface area contributed by atoms with Crippen molar-refractivity contribution >= 4 is 22.9 Å². The Balaban J connectivity index is 1.57. The molecule has 8 heteroatoms. The van der Waals surface area contributed by atoms with Crippen molar-refractivity contribution in [3.8, 4) is 0 Å². The molecule has 4 heterocycles. The van der Waals surface area contributed by atoms with Crippen LogP contribution in [0.1, 0.15) is 31.4 Å². The van der Waals surface area contributed by atoms with Crippen LogP contribution in [-0.2, 0) is 11.2 Å². The quantitative estimate of drug-likeness (QED) is 0.692. The van der Waals surface area contributed by atoms with Gasteiger partial charge in [0.05, 0.1) is 11.7 Å². The summed E-state index contributed by atoms with van der Waals surface area (Å²) >= 11 is 0. The molecule has 0 aliphatic carbocycles. The van der Waals surface area contributed by atoms with Crippen LogP contribution >= 0.6 is 0 Å². The van der Waals surface area contributed by atoms with Crippen molar-refractivity contribution in [1.29, 1.82) is 0 Å². The maximum atomic E-state index is 13.3. The number of aryl methyl sites for hydroxylation is 1. The average Bonchev–Trinajstić information content (AvgIpc) is 3.23. The largest absolute Gasteiger partial charge is 0.354 e. The summed E-state index contributed by atoms with van der Waals surface area (Å²) in [5, 5.41) is 0. The molecule has 0 radical (unpaired) electrons. The number of carbonyl (C=O) groups is 1. The number of rotatable bonds is 6. The standard InChI is InChI=1S/C21H27N7O/c1-27(2)20(29)21(9-5-8-16-7-3-4-11-22-16)10-6-12-28(13-21)19-17-18(24-14-23-17)25-15-26-19/h3-4,7,11,14-15H,5-6,8-10,12-13H2,1-2H3,(H,23,24,25,26). The topological polar surface area (TPSA) is 90.9 Å². The van der Waals surface area contributed by atoms with E-state index in [0.717, 1.165) is 55.7 Å². The highest BCUT2D eigenvalue weighted by Gasteiger charge is 2.43. The monoisotopic (exact) mass is 393 g/mol. The number of imidazole rings is 1. The highest BCUT2D eigenvalue weighted by molar-refractivity contribution is 5.86. The van der Waals surface area contributed by atoms with Crippen molar-refractivity contribution in [2.45, 2.75) is 32.1 Å². The van der Waals surface area contributed by atoms with Gasteiger partial charge in [0, 0.05) is 39.1 Å². The lowest BCUT2D eigenvalue weighted by atomic mass is 9.74. The Morgan fingerprint density at radius 2 is 2.14 bits per heavy atom. The predicted molar refractivity (Wildman–Crippen MR) is 111 cm³/mol. The van der Waals surface area contributed by atoms with Gasteiger partial charge in [0.15, 0.2) is 11.5 Å². The maximum absolute atomic E-state index is 13.3. The number of piperidine rings is 1. The molecule has 1 aliphatic rings. The molecule has 0 bridgehead atoms. The maximum Gasteiger partial charge on any atom is 0.230 e. The second-order valence-corrected chi connectivity index (χ2v) is 7.98. The first-order chi connectivity index (χ1) is 14.1. The smallest absolute Gasteiger partial charge is 0.230 e. The van der Waals surface area contributed by atoms with E-state index in [1.54, 1.807) is 17.6 Å². The minimum Gasteiger partial charge on any atom is -0.354 e. The second kappa shape index (κ2) is 8.14. The zero-order valence-corrected chi connectivity index (χ0v) is 17.0. The van der Waals surface area contributed by atoms with E-state index >= 15 is 0 Å². The van der Waals surface area contributed by atoms with Gasteiger partial charge in [-0.15, -0.1) is 0 Å². The van der Waals surface area contributed by atoms with Gasteiger partial charge in [0.1, 0.15) is 11.8 Å². The normalized spacial score (nSPS) is 19.4. The lowest BCUT2D eigenvalue weighted by Gasteiger charge is -2.43. The van der Waals surface area contributed by atoms with E-state index in [1.807, 2.05) is 38.5 Å². The van der Waals surface area contributed by atoms with E-state index < -0.39 is 5.41 Å². The van der Waals surface area contributed by atoms with E-state index in [0.29, 0.717) is 12.2 Å². The highest BCUT2D eigenvalue weighted by atomic mass is 16.2. The zero-order valence-electron chi connectivity index (χ0n) is 17.0. The molecule has 4 rings (SSSR count). The first-order valence-electron chi connectivity index (χ1n) is 10.1. The van der Waals surface area contributed by atoms with E-state index in [4.69, 9.17) is 0 Å². The van der Waals surface area contributed by atoms with Gasteiger partial charge < -0.3 is 14.8 Å². The van der Waals surface area contributed by atoms with E-state index in [-0.39, 0.29) is 5.91 Å². The van der Waals surface area contributed by atoms with Crippen LogP contribution in [0.15, 0.2) is 37.1 Å². The number of nitrogens with one attached hydrogen (secondary N) is 1. The summed E-state index contributed by atoms with van der Waals surface area (Å²) < 4.78 is 0. The summed E-state index contributed by atoms with van der Waals surface area (Å²) in [5.74, 6) is 1.02. The molecule has 0 aromatic carbocycles. The fourth-order valence-electron chi connectivity index (χ4n) is 4.42. The van der Waals surface area contributed by atoms with Gasteiger partial charge in [-0.1, -0.05) is 6.07 Å². The van der Waals surface area contributed by atoms with Crippen molar-refractivity contribution in [3.63, 3.8) is 0 Å². The van der Waals surface area contributed by atoms with Crippen LogP contribution in [0.3, 0.4) is 0 Å². The molecule has 8 nitrogen and oxygen atoms in total. The molecule has 152 valence electrons. The number of aromatic amines is 1.